The summed E-state index contributed by atoms with van der Waals surface area (Å²) in [7, 11) is 0. The summed E-state index contributed by atoms with van der Waals surface area (Å²) < 4.78 is 3.11. The van der Waals surface area contributed by atoms with E-state index in [1.165, 1.54) is 0 Å². The van der Waals surface area contributed by atoms with Gasteiger partial charge in [-0.3, -0.25) is 4.98 Å². The molecule has 0 bridgehead atoms. The molecule has 0 spiro atoms. The third-order valence-electron chi connectivity index (χ3n) is 2.76. The highest BCUT2D eigenvalue weighted by molar-refractivity contribution is 7.16. The fourth-order valence-corrected chi connectivity index (χ4v) is 2.53. The Balaban J connectivity index is 2.27. The van der Waals surface area contributed by atoms with Gasteiger partial charge in [0.1, 0.15) is 6.33 Å². The van der Waals surface area contributed by atoms with Gasteiger partial charge in [0.05, 0.1) is 21.3 Å². The summed E-state index contributed by atoms with van der Waals surface area (Å²) in [5, 5.41) is 8.24. The Bertz CT molecular complexity index is 692. The normalized spacial score (nSPS) is 12.2. The molecule has 0 unspecified atom stereocenters. The maximum Gasteiger partial charge on any atom is 0.168 e. The Morgan fingerprint density at radius 1 is 1.22 bits per heavy atom. The molecule has 0 radical (unpaired) electrons. The third-order valence-corrected chi connectivity index (χ3v) is 3.52. The minimum absolute atomic E-state index is 0.0724. The number of pyridine rings is 1. The zero-order chi connectivity index (χ0) is 12.8. The number of rotatable bonds is 1. The van der Waals surface area contributed by atoms with Crippen molar-refractivity contribution in [1.82, 2.24) is 24.7 Å². The molecule has 3 heterocycles. The van der Waals surface area contributed by atoms with E-state index in [-0.39, 0.29) is 5.54 Å². The van der Waals surface area contributed by atoms with E-state index in [0.717, 1.165) is 21.6 Å². The molecule has 0 aromatic carbocycles. The largest absolute Gasteiger partial charge is 0.308 e. The lowest BCUT2D eigenvalue weighted by atomic mass is 10.1. The van der Waals surface area contributed by atoms with E-state index >= 15 is 0 Å². The van der Waals surface area contributed by atoms with Crippen LogP contribution in [0.15, 0.2) is 24.2 Å². The van der Waals surface area contributed by atoms with Crippen molar-refractivity contribution in [3.63, 3.8) is 0 Å². The molecule has 0 aliphatic heterocycles. The highest BCUT2D eigenvalue weighted by Gasteiger charge is 2.20. The van der Waals surface area contributed by atoms with Gasteiger partial charge in [-0.2, -0.15) is 0 Å². The monoisotopic (exact) mass is 259 g/mol. The standard InChI is InChI=1S/C12H13N5S/c1-12(2,3)17-6-15-16-11(17)8-4-13-5-9-10(8)14-7-18-9/h4-7H,1-3H3. The maximum atomic E-state index is 4.40. The highest BCUT2D eigenvalue weighted by Crippen LogP contribution is 2.29. The van der Waals surface area contributed by atoms with E-state index in [0.29, 0.717) is 0 Å². The van der Waals surface area contributed by atoms with Gasteiger partial charge in [0.15, 0.2) is 5.82 Å². The second-order valence-electron chi connectivity index (χ2n) is 5.08. The van der Waals surface area contributed by atoms with Gasteiger partial charge >= 0.3 is 0 Å². The second kappa shape index (κ2) is 3.84. The van der Waals surface area contributed by atoms with E-state index in [2.05, 4.69) is 40.9 Å². The molecule has 0 saturated heterocycles. The molecule has 0 fully saturated rings. The van der Waals surface area contributed by atoms with Crippen LogP contribution < -0.4 is 0 Å². The summed E-state index contributed by atoms with van der Waals surface area (Å²) in [5.41, 5.74) is 3.62. The maximum absolute atomic E-state index is 4.40. The van der Waals surface area contributed by atoms with Crippen LogP contribution in [0, 0.1) is 0 Å². The molecule has 3 aromatic heterocycles. The number of hydrogen-bond donors (Lipinski definition) is 0. The first kappa shape index (κ1) is 11.3. The van der Waals surface area contributed by atoms with Crippen LogP contribution in [0.25, 0.3) is 21.6 Å². The molecule has 0 amide bonds. The van der Waals surface area contributed by atoms with Gasteiger partial charge < -0.3 is 4.57 Å². The SMILES string of the molecule is CC(C)(C)n1cnnc1-c1cncc2scnc12. The Hall–Kier alpha value is -1.82. The van der Waals surface area contributed by atoms with Crippen molar-refractivity contribution >= 4 is 21.6 Å². The number of nitrogens with zero attached hydrogens (tertiary/aromatic N) is 5. The van der Waals surface area contributed by atoms with Crippen molar-refractivity contribution < 1.29 is 0 Å². The average Bonchev–Trinajstić information content (AvgIpc) is 2.96. The molecule has 0 aliphatic carbocycles. The summed E-state index contributed by atoms with van der Waals surface area (Å²) in [6.07, 6.45) is 5.38. The molecule has 5 nitrogen and oxygen atoms in total. The van der Waals surface area contributed by atoms with Crippen LogP contribution in [0.2, 0.25) is 0 Å². The van der Waals surface area contributed by atoms with Crippen LogP contribution in [0.4, 0.5) is 0 Å². The molecule has 0 atom stereocenters. The predicted molar refractivity (Wildman–Crippen MR) is 71.4 cm³/mol. The Morgan fingerprint density at radius 3 is 2.83 bits per heavy atom. The molecule has 3 rings (SSSR count). The zero-order valence-corrected chi connectivity index (χ0v) is 11.3. The van der Waals surface area contributed by atoms with Crippen molar-refractivity contribution in [3.05, 3.63) is 24.2 Å². The highest BCUT2D eigenvalue weighted by atomic mass is 32.1. The molecular weight excluding hydrogens is 246 g/mol. The van der Waals surface area contributed by atoms with Crippen molar-refractivity contribution in [2.45, 2.75) is 26.3 Å². The predicted octanol–water partition coefficient (Wildman–Crippen LogP) is 2.70. The topological polar surface area (TPSA) is 56.5 Å². The van der Waals surface area contributed by atoms with Crippen LogP contribution in [0.1, 0.15) is 20.8 Å². The van der Waals surface area contributed by atoms with Gasteiger partial charge in [-0.05, 0) is 20.8 Å². The van der Waals surface area contributed by atoms with Crippen LogP contribution in [-0.4, -0.2) is 24.7 Å². The van der Waals surface area contributed by atoms with Crippen molar-refractivity contribution in [2.24, 2.45) is 0 Å². The van der Waals surface area contributed by atoms with Gasteiger partial charge in [0.25, 0.3) is 0 Å². The smallest absolute Gasteiger partial charge is 0.168 e. The van der Waals surface area contributed by atoms with Crippen LogP contribution >= 0.6 is 11.3 Å². The van der Waals surface area contributed by atoms with E-state index in [9.17, 15) is 0 Å². The summed E-state index contributed by atoms with van der Waals surface area (Å²) in [6, 6.07) is 0. The van der Waals surface area contributed by atoms with E-state index in [1.54, 1.807) is 23.9 Å². The lowest BCUT2D eigenvalue weighted by Gasteiger charge is -2.22. The van der Waals surface area contributed by atoms with Crippen LogP contribution in [0.5, 0.6) is 0 Å². The first-order chi connectivity index (χ1) is 8.57. The zero-order valence-electron chi connectivity index (χ0n) is 10.5. The molecular formula is C12H13N5S. The van der Waals surface area contributed by atoms with Gasteiger partial charge in [-0.15, -0.1) is 21.5 Å². The van der Waals surface area contributed by atoms with Gasteiger partial charge in [-0.1, -0.05) is 0 Å². The molecule has 18 heavy (non-hydrogen) atoms. The number of fused-ring (bicyclic) bond motifs is 1. The fraction of sp³-hybridized carbons (Fsp3) is 0.333. The van der Waals surface area contributed by atoms with Gasteiger partial charge in [0, 0.05) is 17.9 Å². The van der Waals surface area contributed by atoms with Gasteiger partial charge in [-0.25, -0.2) is 4.98 Å². The summed E-state index contributed by atoms with van der Waals surface area (Å²) in [5.74, 6) is 0.812. The van der Waals surface area contributed by atoms with Crippen LogP contribution in [0.3, 0.4) is 0 Å². The van der Waals surface area contributed by atoms with E-state index in [4.69, 9.17) is 0 Å². The lowest BCUT2D eigenvalue weighted by Crippen LogP contribution is -2.22. The molecule has 0 saturated carbocycles. The molecule has 0 N–H and O–H groups in total. The van der Waals surface area contributed by atoms with Crippen molar-refractivity contribution in [2.75, 3.05) is 0 Å². The molecule has 3 aromatic rings. The third kappa shape index (κ3) is 1.69. The van der Waals surface area contributed by atoms with Gasteiger partial charge in [0.2, 0.25) is 0 Å². The molecule has 6 heteroatoms. The van der Waals surface area contributed by atoms with E-state index in [1.807, 2.05) is 16.3 Å². The van der Waals surface area contributed by atoms with E-state index < -0.39 is 0 Å². The lowest BCUT2D eigenvalue weighted by molar-refractivity contribution is 0.400. The second-order valence-corrected chi connectivity index (χ2v) is 5.97. The average molecular weight is 259 g/mol. The Labute approximate surface area is 109 Å². The molecule has 92 valence electrons. The Kier molecular flexibility index (Phi) is 2.41. The quantitative estimate of drug-likeness (QED) is 0.674. The Morgan fingerprint density at radius 2 is 2.06 bits per heavy atom. The first-order valence-electron chi connectivity index (χ1n) is 5.65. The minimum atomic E-state index is -0.0724. The minimum Gasteiger partial charge on any atom is -0.308 e. The molecule has 0 aliphatic rings. The number of thiazole rings is 1. The number of hydrogen-bond acceptors (Lipinski definition) is 5. The summed E-state index contributed by atoms with van der Waals surface area (Å²) in [4.78, 5) is 8.65. The number of aromatic nitrogens is 5. The summed E-state index contributed by atoms with van der Waals surface area (Å²) in [6.45, 7) is 6.36. The first-order valence-corrected chi connectivity index (χ1v) is 6.53. The van der Waals surface area contributed by atoms with Crippen LogP contribution in [-0.2, 0) is 5.54 Å². The van der Waals surface area contributed by atoms with Crippen molar-refractivity contribution in [1.29, 1.82) is 0 Å². The summed E-state index contributed by atoms with van der Waals surface area (Å²) >= 11 is 1.58. The van der Waals surface area contributed by atoms with Crippen molar-refractivity contribution in [3.8, 4) is 11.4 Å². The fourth-order valence-electron chi connectivity index (χ4n) is 1.86.